The topological polar surface area (TPSA) is 73.6 Å². The third-order valence-corrected chi connectivity index (χ3v) is 3.17. The number of amides is 1. The third kappa shape index (κ3) is 4.69. The predicted octanol–water partition coefficient (Wildman–Crippen LogP) is 2.10. The van der Waals surface area contributed by atoms with Crippen molar-refractivity contribution in [1.82, 2.24) is 5.32 Å². The van der Waals surface area contributed by atoms with Crippen molar-refractivity contribution >= 4 is 5.91 Å². The molecule has 0 bridgehead atoms. The molecule has 122 valence electrons. The van der Waals surface area contributed by atoms with E-state index in [-0.39, 0.29) is 11.7 Å². The van der Waals surface area contributed by atoms with Gasteiger partial charge in [0, 0.05) is 19.2 Å². The molecule has 0 aliphatic rings. The number of ether oxygens (including phenoxy) is 2. The van der Waals surface area contributed by atoms with Crippen LogP contribution in [-0.2, 0) is 6.61 Å². The Hall–Kier alpha value is -2.60. The summed E-state index contributed by atoms with van der Waals surface area (Å²) in [5, 5.41) is 2.69. The lowest BCUT2D eigenvalue weighted by atomic mass is 10.1. The lowest BCUT2D eigenvalue weighted by Crippen LogP contribution is -2.29. The number of nitrogens with one attached hydrogen (secondary N) is 1. The molecule has 0 unspecified atom stereocenters. The van der Waals surface area contributed by atoms with Crippen molar-refractivity contribution in [3.8, 4) is 11.5 Å². The van der Waals surface area contributed by atoms with E-state index in [2.05, 4.69) is 5.32 Å². The maximum Gasteiger partial charge on any atom is 0.255 e. The van der Waals surface area contributed by atoms with Crippen LogP contribution in [0.3, 0.4) is 0 Å². The Balaban J connectivity index is 2.06. The molecule has 23 heavy (non-hydrogen) atoms. The zero-order valence-corrected chi connectivity index (χ0v) is 12.8. The summed E-state index contributed by atoms with van der Waals surface area (Å²) in [6.45, 7) is 1.06. The van der Waals surface area contributed by atoms with Gasteiger partial charge in [-0.1, -0.05) is 12.1 Å². The van der Waals surface area contributed by atoms with Crippen LogP contribution in [-0.4, -0.2) is 26.1 Å². The molecule has 0 saturated carbocycles. The molecule has 2 rings (SSSR count). The first kappa shape index (κ1) is 16.8. The van der Waals surface area contributed by atoms with E-state index in [1.54, 1.807) is 30.3 Å². The Labute approximate surface area is 134 Å². The van der Waals surface area contributed by atoms with Gasteiger partial charge in [-0.05, 0) is 29.8 Å². The summed E-state index contributed by atoms with van der Waals surface area (Å²) in [6.07, 6.45) is 0. The number of hydrogen-bond donors (Lipinski definition) is 2. The number of benzene rings is 2. The second kappa shape index (κ2) is 8.14. The maximum absolute atomic E-state index is 12.9. The van der Waals surface area contributed by atoms with Crippen molar-refractivity contribution in [2.45, 2.75) is 6.61 Å². The van der Waals surface area contributed by atoms with E-state index in [1.807, 2.05) is 0 Å². The number of hydrogen-bond acceptors (Lipinski definition) is 4. The van der Waals surface area contributed by atoms with Crippen LogP contribution in [0.15, 0.2) is 42.5 Å². The SMILES string of the molecule is COc1cc(OCc2ccc(F)cc2)ccc1C(=O)NCCN. The minimum Gasteiger partial charge on any atom is -0.496 e. The highest BCUT2D eigenvalue weighted by atomic mass is 19.1. The summed E-state index contributed by atoms with van der Waals surface area (Å²) in [7, 11) is 1.48. The molecule has 1 amide bonds. The average Bonchev–Trinajstić information content (AvgIpc) is 2.58. The van der Waals surface area contributed by atoms with Gasteiger partial charge in [-0.2, -0.15) is 0 Å². The van der Waals surface area contributed by atoms with Crippen LogP contribution >= 0.6 is 0 Å². The first-order valence-electron chi connectivity index (χ1n) is 7.17. The average molecular weight is 318 g/mol. The quantitative estimate of drug-likeness (QED) is 0.820. The molecule has 5 nitrogen and oxygen atoms in total. The van der Waals surface area contributed by atoms with Crippen LogP contribution in [0.2, 0.25) is 0 Å². The van der Waals surface area contributed by atoms with E-state index in [1.165, 1.54) is 19.2 Å². The number of carbonyl (C=O) groups excluding carboxylic acids is 1. The van der Waals surface area contributed by atoms with Crippen LogP contribution in [0.4, 0.5) is 4.39 Å². The largest absolute Gasteiger partial charge is 0.496 e. The number of rotatable bonds is 7. The molecule has 6 heteroatoms. The molecule has 0 aromatic heterocycles. The summed E-state index contributed by atoms with van der Waals surface area (Å²) in [5.41, 5.74) is 6.62. The molecule has 0 aliphatic heterocycles. The molecule has 2 aromatic carbocycles. The lowest BCUT2D eigenvalue weighted by molar-refractivity contribution is 0.0951. The van der Waals surface area contributed by atoms with Crippen LogP contribution in [0.5, 0.6) is 11.5 Å². The highest BCUT2D eigenvalue weighted by Gasteiger charge is 2.12. The Morgan fingerprint density at radius 3 is 2.61 bits per heavy atom. The first-order valence-corrected chi connectivity index (χ1v) is 7.17. The Kier molecular flexibility index (Phi) is 5.94. The third-order valence-electron chi connectivity index (χ3n) is 3.17. The summed E-state index contributed by atoms with van der Waals surface area (Å²) >= 11 is 0. The Morgan fingerprint density at radius 1 is 1.22 bits per heavy atom. The smallest absolute Gasteiger partial charge is 0.255 e. The van der Waals surface area contributed by atoms with Gasteiger partial charge in [0.25, 0.3) is 5.91 Å². The fourth-order valence-corrected chi connectivity index (χ4v) is 1.98. The predicted molar refractivity (Wildman–Crippen MR) is 85.1 cm³/mol. The van der Waals surface area contributed by atoms with Gasteiger partial charge in [-0.25, -0.2) is 4.39 Å². The zero-order valence-electron chi connectivity index (χ0n) is 12.8. The van der Waals surface area contributed by atoms with E-state index in [4.69, 9.17) is 15.2 Å². The van der Waals surface area contributed by atoms with Crippen LogP contribution in [0, 0.1) is 5.82 Å². The maximum atomic E-state index is 12.9. The van der Waals surface area contributed by atoms with E-state index in [0.717, 1.165) is 5.56 Å². The highest BCUT2D eigenvalue weighted by Crippen LogP contribution is 2.25. The summed E-state index contributed by atoms with van der Waals surface area (Å²) < 4.78 is 23.7. The molecule has 0 atom stereocenters. The van der Waals surface area contributed by atoms with Crippen molar-refractivity contribution in [3.63, 3.8) is 0 Å². The van der Waals surface area contributed by atoms with Gasteiger partial charge in [0.1, 0.15) is 23.9 Å². The number of methoxy groups -OCH3 is 1. The molecule has 0 radical (unpaired) electrons. The molecule has 0 fully saturated rings. The molecule has 2 aromatic rings. The summed E-state index contributed by atoms with van der Waals surface area (Å²) in [4.78, 5) is 12.0. The fourth-order valence-electron chi connectivity index (χ4n) is 1.98. The van der Waals surface area contributed by atoms with Crippen LogP contribution in [0.25, 0.3) is 0 Å². The molecule has 0 aliphatic carbocycles. The second-order valence-electron chi connectivity index (χ2n) is 4.82. The van der Waals surface area contributed by atoms with Gasteiger partial charge in [0.2, 0.25) is 0 Å². The van der Waals surface area contributed by atoms with Crippen molar-refractivity contribution in [1.29, 1.82) is 0 Å². The van der Waals surface area contributed by atoms with Gasteiger partial charge in [0.05, 0.1) is 12.7 Å². The van der Waals surface area contributed by atoms with Crippen molar-refractivity contribution < 1.29 is 18.7 Å². The normalized spacial score (nSPS) is 10.2. The lowest BCUT2D eigenvalue weighted by Gasteiger charge is -2.12. The van der Waals surface area contributed by atoms with E-state index < -0.39 is 0 Å². The van der Waals surface area contributed by atoms with Crippen molar-refractivity contribution in [2.75, 3.05) is 20.2 Å². The molecular weight excluding hydrogens is 299 g/mol. The zero-order chi connectivity index (χ0) is 16.7. The monoisotopic (exact) mass is 318 g/mol. The minimum atomic E-state index is -0.289. The summed E-state index contributed by atoms with van der Waals surface area (Å²) in [5.74, 6) is 0.429. The van der Waals surface area contributed by atoms with E-state index >= 15 is 0 Å². The van der Waals surface area contributed by atoms with Crippen molar-refractivity contribution in [2.24, 2.45) is 5.73 Å². The van der Waals surface area contributed by atoms with Crippen LogP contribution in [0.1, 0.15) is 15.9 Å². The Morgan fingerprint density at radius 2 is 1.96 bits per heavy atom. The molecule has 0 heterocycles. The number of nitrogens with two attached hydrogens (primary N) is 1. The number of halogens is 1. The first-order chi connectivity index (χ1) is 11.1. The molecule has 0 spiro atoms. The van der Waals surface area contributed by atoms with E-state index in [9.17, 15) is 9.18 Å². The van der Waals surface area contributed by atoms with Crippen molar-refractivity contribution in [3.05, 3.63) is 59.4 Å². The van der Waals surface area contributed by atoms with Crippen LogP contribution < -0.4 is 20.5 Å². The second-order valence-corrected chi connectivity index (χ2v) is 4.82. The Bertz CT molecular complexity index is 659. The number of carbonyl (C=O) groups is 1. The molecule has 0 saturated heterocycles. The fraction of sp³-hybridized carbons (Fsp3) is 0.235. The van der Waals surface area contributed by atoms with Gasteiger partial charge in [0.15, 0.2) is 0 Å². The summed E-state index contributed by atoms with van der Waals surface area (Å²) in [6, 6.07) is 11.0. The van der Waals surface area contributed by atoms with E-state index in [0.29, 0.717) is 36.8 Å². The standard InChI is InChI=1S/C17H19FN2O3/c1-22-16-10-14(6-7-15(16)17(21)20-9-8-19)23-11-12-2-4-13(18)5-3-12/h2-7,10H,8-9,11,19H2,1H3,(H,20,21). The highest BCUT2D eigenvalue weighted by molar-refractivity contribution is 5.97. The van der Waals surface area contributed by atoms with Gasteiger partial charge in [-0.3, -0.25) is 4.79 Å². The molecule has 3 N–H and O–H groups in total. The molecular formula is C17H19FN2O3. The van der Waals surface area contributed by atoms with Gasteiger partial charge < -0.3 is 20.5 Å². The van der Waals surface area contributed by atoms with Gasteiger partial charge >= 0.3 is 0 Å². The minimum absolute atomic E-state index is 0.252. The van der Waals surface area contributed by atoms with Gasteiger partial charge in [-0.15, -0.1) is 0 Å².